The van der Waals surface area contributed by atoms with Gasteiger partial charge in [-0.25, -0.2) is 0 Å². The predicted octanol–water partition coefficient (Wildman–Crippen LogP) is 2.69. The molecule has 104 valence electrons. The standard InChI is InChI=1S/C15H22N2O2/c1-11(18)17-14-9-12(7-8-15(14)19-2)10-16-13-5-3-4-6-13/h7-9,13,16H,3-6,10H2,1-2H3,(H,17,18). The van der Waals surface area contributed by atoms with E-state index in [0.29, 0.717) is 11.8 Å². The van der Waals surface area contributed by atoms with Gasteiger partial charge in [-0.3, -0.25) is 4.79 Å². The van der Waals surface area contributed by atoms with Crippen LogP contribution in [0.4, 0.5) is 5.69 Å². The molecule has 1 fully saturated rings. The highest BCUT2D eigenvalue weighted by atomic mass is 16.5. The Bertz CT molecular complexity index is 440. The van der Waals surface area contributed by atoms with Crippen molar-refractivity contribution in [1.82, 2.24) is 5.32 Å². The Balaban J connectivity index is 2.01. The van der Waals surface area contributed by atoms with Crippen LogP contribution in [0.1, 0.15) is 38.2 Å². The highest BCUT2D eigenvalue weighted by molar-refractivity contribution is 5.90. The number of anilines is 1. The van der Waals surface area contributed by atoms with Crippen LogP contribution in [0.3, 0.4) is 0 Å². The van der Waals surface area contributed by atoms with Crippen molar-refractivity contribution in [2.24, 2.45) is 0 Å². The molecule has 1 aliphatic carbocycles. The Hall–Kier alpha value is -1.55. The van der Waals surface area contributed by atoms with E-state index in [1.165, 1.54) is 32.6 Å². The molecule has 0 heterocycles. The van der Waals surface area contributed by atoms with E-state index in [1.807, 2.05) is 18.2 Å². The number of amides is 1. The fourth-order valence-electron chi connectivity index (χ4n) is 2.54. The quantitative estimate of drug-likeness (QED) is 0.857. The van der Waals surface area contributed by atoms with Gasteiger partial charge < -0.3 is 15.4 Å². The fraction of sp³-hybridized carbons (Fsp3) is 0.533. The van der Waals surface area contributed by atoms with Gasteiger partial charge in [0.1, 0.15) is 5.75 Å². The number of carbonyl (C=O) groups excluding carboxylic acids is 1. The van der Waals surface area contributed by atoms with Gasteiger partial charge in [0.25, 0.3) is 0 Å². The van der Waals surface area contributed by atoms with Gasteiger partial charge in [0.15, 0.2) is 0 Å². The van der Waals surface area contributed by atoms with Gasteiger partial charge in [-0.05, 0) is 30.5 Å². The normalized spacial score (nSPS) is 15.5. The first-order valence-corrected chi connectivity index (χ1v) is 6.87. The van der Waals surface area contributed by atoms with E-state index >= 15 is 0 Å². The predicted molar refractivity (Wildman–Crippen MR) is 76.4 cm³/mol. The van der Waals surface area contributed by atoms with Gasteiger partial charge in [0.05, 0.1) is 12.8 Å². The van der Waals surface area contributed by atoms with Crippen molar-refractivity contribution < 1.29 is 9.53 Å². The molecule has 1 saturated carbocycles. The van der Waals surface area contributed by atoms with E-state index < -0.39 is 0 Å². The Kier molecular flexibility index (Phi) is 4.80. The van der Waals surface area contributed by atoms with Crippen LogP contribution in [0.2, 0.25) is 0 Å². The monoisotopic (exact) mass is 262 g/mol. The van der Waals surface area contributed by atoms with E-state index in [0.717, 1.165) is 17.8 Å². The first kappa shape index (κ1) is 13.9. The summed E-state index contributed by atoms with van der Waals surface area (Å²) < 4.78 is 5.24. The van der Waals surface area contributed by atoms with Crippen LogP contribution in [0.25, 0.3) is 0 Å². The molecule has 1 amide bonds. The summed E-state index contributed by atoms with van der Waals surface area (Å²) in [6.45, 7) is 2.34. The smallest absolute Gasteiger partial charge is 0.221 e. The molecule has 1 aromatic rings. The summed E-state index contributed by atoms with van der Waals surface area (Å²) in [6.07, 6.45) is 5.21. The van der Waals surface area contributed by atoms with E-state index in [-0.39, 0.29) is 5.91 Å². The summed E-state index contributed by atoms with van der Waals surface area (Å²) in [7, 11) is 1.61. The minimum atomic E-state index is -0.0841. The molecular formula is C15H22N2O2. The van der Waals surface area contributed by atoms with Crippen molar-refractivity contribution in [3.63, 3.8) is 0 Å². The zero-order valence-corrected chi connectivity index (χ0v) is 11.7. The molecule has 0 aromatic heterocycles. The summed E-state index contributed by atoms with van der Waals surface area (Å²) >= 11 is 0. The van der Waals surface area contributed by atoms with Gasteiger partial charge in [0.2, 0.25) is 5.91 Å². The van der Waals surface area contributed by atoms with Crippen LogP contribution in [0.15, 0.2) is 18.2 Å². The maximum atomic E-state index is 11.2. The van der Waals surface area contributed by atoms with Crippen LogP contribution in [-0.4, -0.2) is 19.1 Å². The molecule has 0 unspecified atom stereocenters. The first-order chi connectivity index (χ1) is 9.19. The summed E-state index contributed by atoms with van der Waals surface area (Å²) in [4.78, 5) is 11.2. The second-order valence-electron chi connectivity index (χ2n) is 5.08. The van der Waals surface area contributed by atoms with Crippen molar-refractivity contribution in [1.29, 1.82) is 0 Å². The van der Waals surface area contributed by atoms with Gasteiger partial charge in [-0.15, -0.1) is 0 Å². The van der Waals surface area contributed by atoms with Crippen LogP contribution >= 0.6 is 0 Å². The highest BCUT2D eigenvalue weighted by Crippen LogP contribution is 2.26. The third kappa shape index (κ3) is 3.96. The van der Waals surface area contributed by atoms with Crippen molar-refractivity contribution >= 4 is 11.6 Å². The summed E-state index contributed by atoms with van der Waals surface area (Å²) in [5, 5.41) is 6.36. The molecule has 0 aliphatic heterocycles. The summed E-state index contributed by atoms with van der Waals surface area (Å²) in [5.41, 5.74) is 1.90. The molecule has 0 atom stereocenters. The molecular weight excluding hydrogens is 240 g/mol. The maximum absolute atomic E-state index is 11.2. The average Bonchev–Trinajstić information content (AvgIpc) is 2.89. The number of rotatable bonds is 5. The zero-order chi connectivity index (χ0) is 13.7. The van der Waals surface area contributed by atoms with Crippen molar-refractivity contribution in [3.05, 3.63) is 23.8 Å². The lowest BCUT2D eigenvalue weighted by Gasteiger charge is -2.14. The van der Waals surface area contributed by atoms with Crippen LogP contribution in [0.5, 0.6) is 5.75 Å². The van der Waals surface area contributed by atoms with Crippen LogP contribution in [-0.2, 0) is 11.3 Å². The molecule has 19 heavy (non-hydrogen) atoms. The second kappa shape index (κ2) is 6.57. The summed E-state index contributed by atoms with van der Waals surface area (Å²) in [5.74, 6) is 0.610. The van der Waals surface area contributed by atoms with Crippen LogP contribution < -0.4 is 15.4 Å². The molecule has 4 nitrogen and oxygen atoms in total. The number of hydrogen-bond donors (Lipinski definition) is 2. The average molecular weight is 262 g/mol. The number of benzene rings is 1. The Labute approximate surface area is 114 Å². The SMILES string of the molecule is COc1ccc(CNC2CCCC2)cc1NC(C)=O. The number of nitrogens with one attached hydrogen (secondary N) is 2. The summed E-state index contributed by atoms with van der Waals surface area (Å²) in [6, 6.07) is 6.55. The molecule has 0 saturated heterocycles. The lowest BCUT2D eigenvalue weighted by Crippen LogP contribution is -2.25. The minimum absolute atomic E-state index is 0.0841. The topological polar surface area (TPSA) is 50.4 Å². The molecule has 1 aliphatic rings. The molecule has 4 heteroatoms. The molecule has 0 bridgehead atoms. The van der Waals surface area contributed by atoms with E-state index in [2.05, 4.69) is 10.6 Å². The van der Waals surface area contributed by atoms with E-state index in [9.17, 15) is 4.79 Å². The Morgan fingerprint density at radius 2 is 2.11 bits per heavy atom. The minimum Gasteiger partial charge on any atom is -0.495 e. The Morgan fingerprint density at radius 1 is 1.37 bits per heavy atom. The van der Waals surface area contributed by atoms with Gasteiger partial charge in [-0.2, -0.15) is 0 Å². The maximum Gasteiger partial charge on any atom is 0.221 e. The first-order valence-electron chi connectivity index (χ1n) is 6.87. The number of carbonyl (C=O) groups is 1. The largest absolute Gasteiger partial charge is 0.495 e. The Morgan fingerprint density at radius 3 is 2.74 bits per heavy atom. The lowest BCUT2D eigenvalue weighted by molar-refractivity contribution is -0.114. The van der Waals surface area contributed by atoms with Crippen molar-refractivity contribution in [3.8, 4) is 5.75 Å². The number of methoxy groups -OCH3 is 1. The second-order valence-corrected chi connectivity index (χ2v) is 5.08. The van der Waals surface area contributed by atoms with Gasteiger partial charge in [-0.1, -0.05) is 18.9 Å². The molecule has 0 spiro atoms. The van der Waals surface area contributed by atoms with Gasteiger partial charge >= 0.3 is 0 Å². The molecule has 2 N–H and O–H groups in total. The third-order valence-corrected chi connectivity index (χ3v) is 3.52. The lowest BCUT2D eigenvalue weighted by atomic mass is 10.1. The number of hydrogen-bond acceptors (Lipinski definition) is 3. The van der Waals surface area contributed by atoms with Crippen molar-refractivity contribution in [2.45, 2.75) is 45.2 Å². The van der Waals surface area contributed by atoms with Crippen LogP contribution in [0, 0.1) is 0 Å². The third-order valence-electron chi connectivity index (χ3n) is 3.52. The van der Waals surface area contributed by atoms with Gasteiger partial charge in [0, 0.05) is 19.5 Å². The highest BCUT2D eigenvalue weighted by Gasteiger charge is 2.14. The molecule has 2 rings (SSSR count). The van der Waals surface area contributed by atoms with E-state index in [4.69, 9.17) is 4.74 Å². The number of ether oxygens (including phenoxy) is 1. The zero-order valence-electron chi connectivity index (χ0n) is 11.7. The molecule has 1 aromatic carbocycles. The van der Waals surface area contributed by atoms with E-state index in [1.54, 1.807) is 7.11 Å². The van der Waals surface area contributed by atoms with Crippen molar-refractivity contribution in [2.75, 3.05) is 12.4 Å². The fourth-order valence-corrected chi connectivity index (χ4v) is 2.54. The molecule has 0 radical (unpaired) electrons.